The number of ketones is 1. The van der Waals surface area contributed by atoms with Crippen LogP contribution in [0.1, 0.15) is 23.7 Å². The molecule has 0 saturated carbocycles. The molecule has 124 valence electrons. The zero-order valence-electron chi connectivity index (χ0n) is 13.6. The first-order valence-corrected chi connectivity index (χ1v) is 8.29. The molecule has 0 amide bonds. The van der Waals surface area contributed by atoms with Gasteiger partial charge in [-0.3, -0.25) is 4.79 Å². The van der Waals surface area contributed by atoms with Gasteiger partial charge in [-0.05, 0) is 20.0 Å². The Morgan fingerprint density at radius 2 is 1.91 bits per heavy atom. The van der Waals surface area contributed by atoms with E-state index in [-0.39, 0.29) is 17.6 Å². The van der Waals surface area contributed by atoms with Crippen molar-refractivity contribution in [2.24, 2.45) is 0 Å². The summed E-state index contributed by atoms with van der Waals surface area (Å²) in [5.74, 6) is 0.239. The van der Waals surface area contributed by atoms with Gasteiger partial charge in [0.05, 0.1) is 11.7 Å². The van der Waals surface area contributed by atoms with Gasteiger partial charge in [-0.25, -0.2) is 4.39 Å². The van der Waals surface area contributed by atoms with Crippen LogP contribution in [-0.4, -0.2) is 63.1 Å². The van der Waals surface area contributed by atoms with Gasteiger partial charge in [-0.2, -0.15) is 0 Å². The first-order chi connectivity index (χ1) is 11.1. The number of carbonyl (C=O) groups is 1. The van der Waals surface area contributed by atoms with E-state index in [1.807, 2.05) is 0 Å². The van der Waals surface area contributed by atoms with E-state index >= 15 is 0 Å². The van der Waals surface area contributed by atoms with Crippen molar-refractivity contribution in [3.8, 4) is 5.75 Å². The third-order valence-corrected chi connectivity index (χ3v) is 5.17. The summed E-state index contributed by atoms with van der Waals surface area (Å²) in [6.45, 7) is 6.64. The zero-order chi connectivity index (χ0) is 16.1. The Labute approximate surface area is 135 Å². The normalized spacial score (nSPS) is 24.5. The molecule has 6 heteroatoms. The van der Waals surface area contributed by atoms with E-state index in [0.29, 0.717) is 36.6 Å². The average Bonchev–Trinajstić information content (AvgIpc) is 2.54. The predicted octanol–water partition coefficient (Wildman–Crippen LogP) is 1.75. The molecule has 1 aromatic rings. The first-order valence-electron chi connectivity index (χ1n) is 8.29. The van der Waals surface area contributed by atoms with Crippen molar-refractivity contribution < 1.29 is 13.9 Å². The van der Waals surface area contributed by atoms with Gasteiger partial charge >= 0.3 is 0 Å². The summed E-state index contributed by atoms with van der Waals surface area (Å²) in [5, 5.41) is 0. The monoisotopic (exact) mass is 319 g/mol. The number of hydrogen-bond acceptors (Lipinski definition) is 5. The number of anilines is 2. The summed E-state index contributed by atoms with van der Waals surface area (Å²) in [6.07, 6.45) is 0.448. The van der Waals surface area contributed by atoms with Gasteiger partial charge in [0.25, 0.3) is 0 Å². The molecule has 1 aromatic carbocycles. The summed E-state index contributed by atoms with van der Waals surface area (Å²) >= 11 is 0. The fourth-order valence-corrected chi connectivity index (χ4v) is 3.77. The van der Waals surface area contributed by atoms with Gasteiger partial charge in [0, 0.05) is 44.7 Å². The maximum absolute atomic E-state index is 14.8. The van der Waals surface area contributed by atoms with E-state index < -0.39 is 0 Å². The van der Waals surface area contributed by atoms with E-state index in [2.05, 4.69) is 28.7 Å². The van der Waals surface area contributed by atoms with Gasteiger partial charge in [0.1, 0.15) is 12.3 Å². The first kappa shape index (κ1) is 14.8. The zero-order valence-corrected chi connectivity index (χ0v) is 13.6. The Hall–Kier alpha value is -1.82. The number of hydrogen-bond donors (Lipinski definition) is 0. The molecule has 1 atom stereocenters. The lowest BCUT2D eigenvalue weighted by molar-refractivity contribution is 0.0974. The molecular formula is C17H22FN3O2. The summed E-state index contributed by atoms with van der Waals surface area (Å²) in [4.78, 5) is 18.7. The molecule has 1 fully saturated rings. The molecule has 3 heterocycles. The Bertz CT molecular complexity index is 656. The quantitative estimate of drug-likeness (QED) is 0.788. The maximum Gasteiger partial charge on any atom is 0.169 e. The number of nitrogens with zero attached hydrogens (tertiary/aromatic N) is 3. The van der Waals surface area contributed by atoms with Crippen molar-refractivity contribution in [1.82, 2.24) is 4.90 Å². The Morgan fingerprint density at radius 1 is 1.17 bits per heavy atom. The Balaban J connectivity index is 1.84. The van der Waals surface area contributed by atoms with Gasteiger partial charge in [0.15, 0.2) is 17.3 Å². The molecule has 0 aromatic heterocycles. The SMILES string of the molecule is CC1COc2c(N3CCN(C)CC3)c(F)cc3c2N1CCC3=O. The number of piperazine rings is 1. The van der Waals surface area contributed by atoms with Crippen LogP contribution in [0.5, 0.6) is 5.75 Å². The molecule has 3 aliphatic rings. The van der Waals surface area contributed by atoms with Crippen molar-refractivity contribution >= 4 is 17.2 Å². The second-order valence-electron chi connectivity index (χ2n) is 6.75. The smallest absolute Gasteiger partial charge is 0.169 e. The van der Waals surface area contributed by atoms with Gasteiger partial charge in [0.2, 0.25) is 0 Å². The summed E-state index contributed by atoms with van der Waals surface area (Å²) in [7, 11) is 2.07. The number of carbonyl (C=O) groups excluding carboxylic acids is 1. The van der Waals surface area contributed by atoms with E-state index in [9.17, 15) is 9.18 Å². The van der Waals surface area contributed by atoms with Crippen LogP contribution in [0, 0.1) is 5.82 Å². The Kier molecular flexibility index (Phi) is 3.44. The third kappa shape index (κ3) is 2.27. The third-order valence-electron chi connectivity index (χ3n) is 5.17. The minimum Gasteiger partial charge on any atom is -0.487 e. The van der Waals surface area contributed by atoms with Crippen LogP contribution in [0.4, 0.5) is 15.8 Å². The standard InChI is InChI=1S/C17H22FN3O2/c1-11-10-23-17-15-12(14(22)3-4-21(11)15)9-13(18)16(17)20-7-5-19(2)6-8-20/h9,11H,3-8,10H2,1-2H3. The highest BCUT2D eigenvalue weighted by molar-refractivity contribution is 6.06. The molecule has 0 radical (unpaired) electrons. The molecule has 0 N–H and O–H groups in total. The molecule has 0 spiro atoms. The average molecular weight is 319 g/mol. The highest BCUT2D eigenvalue weighted by Gasteiger charge is 2.37. The molecule has 0 bridgehead atoms. The molecule has 0 aliphatic carbocycles. The van der Waals surface area contributed by atoms with E-state index in [1.165, 1.54) is 6.07 Å². The van der Waals surface area contributed by atoms with Crippen LogP contribution in [0.2, 0.25) is 0 Å². The molecule has 1 unspecified atom stereocenters. The lowest BCUT2D eigenvalue weighted by Gasteiger charge is -2.43. The van der Waals surface area contributed by atoms with Crippen LogP contribution in [0.15, 0.2) is 6.07 Å². The molecule has 4 rings (SSSR count). The van der Waals surface area contributed by atoms with E-state index in [0.717, 1.165) is 31.9 Å². The van der Waals surface area contributed by atoms with Gasteiger partial charge < -0.3 is 19.4 Å². The van der Waals surface area contributed by atoms with Gasteiger partial charge in [-0.1, -0.05) is 0 Å². The van der Waals surface area contributed by atoms with Crippen LogP contribution in [0.25, 0.3) is 0 Å². The van der Waals surface area contributed by atoms with Crippen LogP contribution < -0.4 is 14.5 Å². The minimum atomic E-state index is -0.340. The number of halogens is 1. The lowest BCUT2D eigenvalue weighted by Crippen LogP contribution is -2.48. The largest absolute Gasteiger partial charge is 0.487 e. The summed E-state index contributed by atoms with van der Waals surface area (Å²) in [5.41, 5.74) is 1.81. The topological polar surface area (TPSA) is 36.0 Å². The van der Waals surface area contributed by atoms with Crippen LogP contribution >= 0.6 is 0 Å². The van der Waals surface area contributed by atoms with Crippen LogP contribution in [-0.2, 0) is 0 Å². The highest BCUT2D eigenvalue weighted by atomic mass is 19.1. The van der Waals surface area contributed by atoms with Crippen molar-refractivity contribution in [2.75, 3.05) is 56.2 Å². The van der Waals surface area contributed by atoms with Crippen molar-refractivity contribution in [3.05, 3.63) is 17.4 Å². The lowest BCUT2D eigenvalue weighted by atomic mass is 9.95. The van der Waals surface area contributed by atoms with E-state index in [1.54, 1.807) is 0 Å². The highest BCUT2D eigenvalue weighted by Crippen LogP contribution is 2.48. The minimum absolute atomic E-state index is 0.0130. The predicted molar refractivity (Wildman–Crippen MR) is 87.4 cm³/mol. The number of ether oxygens (including phenoxy) is 1. The fraction of sp³-hybridized carbons (Fsp3) is 0.588. The molecule has 1 saturated heterocycles. The molecule has 3 aliphatic heterocycles. The molecule has 5 nitrogen and oxygen atoms in total. The summed E-state index contributed by atoms with van der Waals surface area (Å²) < 4.78 is 20.8. The second kappa shape index (κ2) is 5.37. The summed E-state index contributed by atoms with van der Waals surface area (Å²) in [6, 6.07) is 1.63. The maximum atomic E-state index is 14.8. The number of likely N-dealkylation sites (N-methyl/N-ethyl adjacent to an activating group) is 1. The second-order valence-corrected chi connectivity index (χ2v) is 6.75. The van der Waals surface area contributed by atoms with E-state index in [4.69, 9.17) is 4.74 Å². The van der Waals surface area contributed by atoms with Crippen molar-refractivity contribution in [1.29, 1.82) is 0 Å². The number of Topliss-reactive ketones (excluding diaryl/α,β-unsaturated/α-hetero) is 1. The van der Waals surface area contributed by atoms with Crippen molar-refractivity contribution in [2.45, 2.75) is 19.4 Å². The van der Waals surface area contributed by atoms with Gasteiger partial charge in [-0.15, -0.1) is 0 Å². The number of benzene rings is 1. The fourth-order valence-electron chi connectivity index (χ4n) is 3.77. The van der Waals surface area contributed by atoms with Crippen LogP contribution in [0.3, 0.4) is 0 Å². The Morgan fingerprint density at radius 3 is 2.65 bits per heavy atom. The molecular weight excluding hydrogens is 297 g/mol. The van der Waals surface area contributed by atoms with Crippen molar-refractivity contribution in [3.63, 3.8) is 0 Å². The number of rotatable bonds is 1. The molecule has 23 heavy (non-hydrogen) atoms.